The van der Waals surface area contributed by atoms with Gasteiger partial charge in [-0.15, -0.1) is 0 Å². The lowest BCUT2D eigenvalue weighted by Crippen LogP contribution is -2.21. The van der Waals surface area contributed by atoms with Gasteiger partial charge in [-0.1, -0.05) is 36.9 Å². The number of hydrogen-bond donors (Lipinski definition) is 1. The van der Waals surface area contributed by atoms with E-state index in [2.05, 4.69) is 11.7 Å². The van der Waals surface area contributed by atoms with E-state index in [1.807, 2.05) is 0 Å². The molecule has 0 fully saturated rings. The van der Waals surface area contributed by atoms with Crippen molar-refractivity contribution in [3.63, 3.8) is 0 Å². The van der Waals surface area contributed by atoms with Crippen LogP contribution in [-0.4, -0.2) is 16.4 Å². The van der Waals surface area contributed by atoms with Crippen molar-refractivity contribution in [2.45, 2.75) is 26.3 Å². The van der Waals surface area contributed by atoms with E-state index < -0.39 is 18.1 Å². The highest BCUT2D eigenvalue weighted by atomic mass is 19.4. The van der Waals surface area contributed by atoms with Crippen LogP contribution in [0.5, 0.6) is 0 Å². The number of aromatic nitrogens is 2. The van der Waals surface area contributed by atoms with E-state index >= 15 is 0 Å². The zero-order valence-corrected chi connectivity index (χ0v) is 12.9. The van der Waals surface area contributed by atoms with Crippen LogP contribution in [0, 0.1) is 0 Å². The van der Waals surface area contributed by atoms with Crippen LogP contribution in [0.2, 0.25) is 0 Å². The van der Waals surface area contributed by atoms with Crippen molar-refractivity contribution in [2.24, 2.45) is 0 Å². The average molecular weight is 325 g/mol. The average Bonchev–Trinajstić information content (AvgIpc) is 2.85. The van der Waals surface area contributed by atoms with Crippen LogP contribution >= 0.6 is 0 Å². The Labute approximate surface area is 132 Å². The fraction of sp³-hybridized carbons (Fsp3) is 0.312. The molecule has 0 radical (unpaired) electrons. The van der Waals surface area contributed by atoms with Gasteiger partial charge < -0.3 is 10.5 Å². The van der Waals surface area contributed by atoms with Crippen LogP contribution < -0.4 is 5.73 Å². The van der Waals surface area contributed by atoms with E-state index in [4.69, 9.17) is 10.5 Å². The maximum absolute atomic E-state index is 13.6. The third-order valence-electron chi connectivity index (χ3n) is 3.38. The van der Waals surface area contributed by atoms with Crippen molar-refractivity contribution in [3.05, 3.63) is 53.7 Å². The van der Waals surface area contributed by atoms with E-state index in [0.29, 0.717) is 5.56 Å². The molecule has 0 amide bonds. The van der Waals surface area contributed by atoms with Gasteiger partial charge in [0.05, 0.1) is 5.56 Å². The molecule has 1 aromatic carbocycles. The number of benzene rings is 1. The van der Waals surface area contributed by atoms with E-state index in [0.717, 1.165) is 4.68 Å². The molecule has 0 saturated heterocycles. The SMILES string of the molecule is C=C(c1ccccc1)c1c(N)nn(C(C)OCC)c1C(F)(F)F. The summed E-state index contributed by atoms with van der Waals surface area (Å²) in [5, 5.41) is 3.83. The van der Waals surface area contributed by atoms with E-state index in [1.54, 1.807) is 37.3 Å². The fourth-order valence-electron chi connectivity index (χ4n) is 2.38. The molecule has 0 aliphatic carbocycles. The molecule has 0 spiro atoms. The lowest BCUT2D eigenvalue weighted by atomic mass is 9.99. The fourth-order valence-corrected chi connectivity index (χ4v) is 2.38. The van der Waals surface area contributed by atoms with E-state index in [-0.39, 0.29) is 23.6 Å². The van der Waals surface area contributed by atoms with E-state index in [1.165, 1.54) is 6.92 Å². The number of anilines is 1. The van der Waals surface area contributed by atoms with Gasteiger partial charge in [0.25, 0.3) is 0 Å². The molecule has 1 unspecified atom stereocenters. The molecule has 4 nitrogen and oxygen atoms in total. The zero-order valence-electron chi connectivity index (χ0n) is 12.9. The van der Waals surface area contributed by atoms with Crippen LogP contribution in [0.3, 0.4) is 0 Å². The monoisotopic (exact) mass is 325 g/mol. The smallest absolute Gasteiger partial charge is 0.382 e. The molecule has 2 rings (SSSR count). The Morgan fingerprint density at radius 2 is 1.96 bits per heavy atom. The summed E-state index contributed by atoms with van der Waals surface area (Å²) < 4.78 is 46.8. The summed E-state index contributed by atoms with van der Waals surface area (Å²) in [7, 11) is 0. The van der Waals surface area contributed by atoms with Crippen molar-refractivity contribution in [3.8, 4) is 0 Å². The molecule has 0 saturated carbocycles. The summed E-state index contributed by atoms with van der Waals surface area (Å²) in [5.74, 6) is -0.224. The Morgan fingerprint density at radius 1 is 1.35 bits per heavy atom. The second-order valence-corrected chi connectivity index (χ2v) is 4.95. The molecular formula is C16H18F3N3O. The first-order chi connectivity index (χ1) is 10.8. The highest BCUT2D eigenvalue weighted by Gasteiger charge is 2.41. The molecule has 2 N–H and O–H groups in total. The summed E-state index contributed by atoms with van der Waals surface area (Å²) in [6.45, 7) is 7.21. The summed E-state index contributed by atoms with van der Waals surface area (Å²) in [6.07, 6.45) is -5.53. The summed E-state index contributed by atoms with van der Waals surface area (Å²) in [5.41, 5.74) is 5.32. The number of hydrogen-bond acceptors (Lipinski definition) is 3. The van der Waals surface area contributed by atoms with Crippen molar-refractivity contribution in [1.29, 1.82) is 0 Å². The van der Waals surface area contributed by atoms with Gasteiger partial charge in [0.1, 0.15) is 6.23 Å². The van der Waals surface area contributed by atoms with Crippen LogP contribution in [-0.2, 0) is 10.9 Å². The van der Waals surface area contributed by atoms with Gasteiger partial charge in [-0.2, -0.15) is 18.3 Å². The number of rotatable bonds is 5. The van der Waals surface area contributed by atoms with Crippen molar-refractivity contribution >= 4 is 11.4 Å². The molecule has 7 heteroatoms. The third kappa shape index (κ3) is 3.39. The first-order valence-corrected chi connectivity index (χ1v) is 7.08. The van der Waals surface area contributed by atoms with E-state index in [9.17, 15) is 13.2 Å². The second kappa shape index (κ2) is 6.45. The first-order valence-electron chi connectivity index (χ1n) is 7.08. The highest BCUT2D eigenvalue weighted by molar-refractivity contribution is 5.84. The van der Waals surface area contributed by atoms with Crippen LogP contribution in [0.4, 0.5) is 19.0 Å². The molecule has 1 atom stereocenters. The molecule has 0 bridgehead atoms. The van der Waals surface area contributed by atoms with Crippen LogP contribution in [0.1, 0.15) is 36.9 Å². The predicted molar refractivity (Wildman–Crippen MR) is 82.6 cm³/mol. The summed E-state index contributed by atoms with van der Waals surface area (Å²) >= 11 is 0. The molecule has 0 aliphatic heterocycles. The Morgan fingerprint density at radius 3 is 2.48 bits per heavy atom. The topological polar surface area (TPSA) is 53.1 Å². The Balaban J connectivity index is 2.62. The molecule has 1 heterocycles. The minimum atomic E-state index is -4.64. The van der Waals surface area contributed by atoms with Gasteiger partial charge >= 0.3 is 6.18 Å². The molecule has 23 heavy (non-hydrogen) atoms. The minimum absolute atomic E-state index is 0.172. The maximum atomic E-state index is 13.6. The molecule has 2 aromatic rings. The van der Waals surface area contributed by atoms with Crippen molar-refractivity contribution in [2.75, 3.05) is 12.3 Å². The van der Waals surface area contributed by atoms with Gasteiger partial charge in [-0.3, -0.25) is 0 Å². The van der Waals surface area contributed by atoms with Gasteiger partial charge in [-0.05, 0) is 25.0 Å². The largest absolute Gasteiger partial charge is 0.433 e. The van der Waals surface area contributed by atoms with Crippen LogP contribution in [0.15, 0.2) is 36.9 Å². The number of nitrogen functional groups attached to an aromatic ring is 1. The number of nitrogens with two attached hydrogens (primary N) is 1. The lowest BCUT2D eigenvalue weighted by Gasteiger charge is -2.18. The standard InChI is InChI=1S/C16H18F3N3O/c1-4-23-11(3)22-14(16(17,18)19)13(15(20)21-22)10(2)12-8-6-5-7-9-12/h5-9,11H,2,4H2,1,3H3,(H2,20,21). The minimum Gasteiger partial charge on any atom is -0.382 e. The molecular weight excluding hydrogens is 307 g/mol. The van der Waals surface area contributed by atoms with Gasteiger partial charge in [0, 0.05) is 6.61 Å². The van der Waals surface area contributed by atoms with Gasteiger partial charge in [0.2, 0.25) is 0 Å². The third-order valence-corrected chi connectivity index (χ3v) is 3.38. The molecule has 1 aromatic heterocycles. The zero-order chi connectivity index (χ0) is 17.2. The van der Waals surface area contributed by atoms with Crippen LogP contribution in [0.25, 0.3) is 5.57 Å². The number of nitrogens with zero attached hydrogens (tertiary/aromatic N) is 2. The highest BCUT2D eigenvalue weighted by Crippen LogP contribution is 2.40. The predicted octanol–water partition coefficient (Wildman–Crippen LogP) is 4.10. The Kier molecular flexibility index (Phi) is 4.79. The quantitative estimate of drug-likeness (QED) is 0.900. The summed E-state index contributed by atoms with van der Waals surface area (Å²) in [4.78, 5) is 0. The maximum Gasteiger partial charge on any atom is 0.433 e. The van der Waals surface area contributed by atoms with Gasteiger partial charge in [-0.25, -0.2) is 4.68 Å². The number of alkyl halides is 3. The Bertz CT molecular complexity index is 693. The molecule has 0 aliphatic rings. The summed E-state index contributed by atoms with van der Waals surface area (Å²) in [6, 6.07) is 8.55. The van der Waals surface area contributed by atoms with Crippen molar-refractivity contribution < 1.29 is 17.9 Å². The first kappa shape index (κ1) is 17.1. The second-order valence-electron chi connectivity index (χ2n) is 4.95. The van der Waals surface area contributed by atoms with Gasteiger partial charge in [0.15, 0.2) is 11.5 Å². The number of halogens is 3. The van der Waals surface area contributed by atoms with Crippen molar-refractivity contribution in [1.82, 2.24) is 9.78 Å². The lowest BCUT2D eigenvalue weighted by molar-refractivity contribution is -0.149. The number of ether oxygens (including phenoxy) is 1. The molecule has 124 valence electrons. The normalized spacial score (nSPS) is 13.1. The Hall–Kier alpha value is -2.28.